The summed E-state index contributed by atoms with van der Waals surface area (Å²) in [6, 6.07) is 5.05. The minimum absolute atomic E-state index is 0.123. The molecule has 2 rings (SSSR count). The van der Waals surface area contributed by atoms with Gasteiger partial charge in [-0.15, -0.1) is 0 Å². The maximum atomic E-state index is 12.0. The van der Waals surface area contributed by atoms with Crippen LogP contribution in [0.2, 0.25) is 0 Å². The van der Waals surface area contributed by atoms with Gasteiger partial charge in [-0.1, -0.05) is 19.9 Å². The van der Waals surface area contributed by atoms with Crippen molar-refractivity contribution in [2.45, 2.75) is 26.7 Å². The molecule has 0 saturated heterocycles. The molecule has 26 heavy (non-hydrogen) atoms. The summed E-state index contributed by atoms with van der Waals surface area (Å²) in [4.78, 5) is 31.5. The van der Waals surface area contributed by atoms with Gasteiger partial charge in [0.1, 0.15) is 17.3 Å². The summed E-state index contributed by atoms with van der Waals surface area (Å²) in [6.45, 7) is 4.97. The van der Waals surface area contributed by atoms with E-state index in [-0.39, 0.29) is 24.8 Å². The number of nitrogens with one attached hydrogen (secondary N) is 2. The van der Waals surface area contributed by atoms with Crippen molar-refractivity contribution in [1.82, 2.24) is 25.3 Å². The molecular formula is C17H25N7O2. The molecule has 2 aromatic rings. The fourth-order valence-corrected chi connectivity index (χ4v) is 2.23. The minimum Gasteiger partial charge on any atom is -0.395 e. The number of pyridine rings is 1. The molecule has 0 aliphatic carbocycles. The maximum absolute atomic E-state index is 12.0. The number of aliphatic hydroxyl groups excluding tert-OH is 1. The Morgan fingerprint density at radius 3 is 2.69 bits per heavy atom. The van der Waals surface area contributed by atoms with Crippen molar-refractivity contribution in [3.05, 3.63) is 29.7 Å². The number of amides is 1. The van der Waals surface area contributed by atoms with Gasteiger partial charge in [0.25, 0.3) is 5.91 Å². The van der Waals surface area contributed by atoms with Crippen LogP contribution >= 0.6 is 0 Å². The Morgan fingerprint density at radius 1 is 1.19 bits per heavy atom. The first-order chi connectivity index (χ1) is 12.6. The van der Waals surface area contributed by atoms with Crippen LogP contribution < -0.4 is 15.5 Å². The van der Waals surface area contributed by atoms with Crippen molar-refractivity contribution < 1.29 is 9.90 Å². The van der Waals surface area contributed by atoms with Crippen LogP contribution in [0.25, 0.3) is 0 Å². The highest BCUT2D eigenvalue weighted by molar-refractivity contribution is 5.92. The number of aromatic nitrogens is 4. The highest BCUT2D eigenvalue weighted by Gasteiger charge is 2.11. The van der Waals surface area contributed by atoms with Crippen LogP contribution in [-0.4, -0.2) is 57.7 Å². The molecule has 0 fully saturated rings. The molecule has 3 N–H and O–H groups in total. The lowest BCUT2D eigenvalue weighted by molar-refractivity contribution is 0.0940. The van der Waals surface area contributed by atoms with Crippen molar-refractivity contribution in [3.8, 4) is 0 Å². The SMILES string of the molecule is CCCN(C)c1nc(CC)nc(Nc2cccc(C(=O)NCCO)n2)n1. The fourth-order valence-electron chi connectivity index (χ4n) is 2.23. The van der Waals surface area contributed by atoms with E-state index in [4.69, 9.17) is 5.11 Å². The lowest BCUT2D eigenvalue weighted by Gasteiger charge is -2.17. The standard InChI is InChI=1S/C17H25N7O2/c1-4-10-24(3)17-22-13(5-2)20-16(23-17)21-14-8-6-7-12(19-14)15(26)18-9-11-25/h6-8,25H,4-5,9-11H2,1-3H3,(H,18,26)(H,19,20,21,22,23). The summed E-state index contributed by atoms with van der Waals surface area (Å²) in [5, 5.41) is 14.4. The Hall–Kier alpha value is -2.81. The number of aryl methyl sites for hydroxylation is 1. The Morgan fingerprint density at radius 2 is 2.00 bits per heavy atom. The molecule has 0 aliphatic rings. The van der Waals surface area contributed by atoms with E-state index in [1.807, 2.05) is 18.9 Å². The lowest BCUT2D eigenvalue weighted by Crippen LogP contribution is -2.27. The van der Waals surface area contributed by atoms with Gasteiger partial charge in [0.2, 0.25) is 11.9 Å². The number of nitrogens with zero attached hydrogens (tertiary/aromatic N) is 5. The zero-order chi connectivity index (χ0) is 18.9. The van der Waals surface area contributed by atoms with Gasteiger partial charge in [-0.2, -0.15) is 15.0 Å². The summed E-state index contributed by atoms with van der Waals surface area (Å²) in [7, 11) is 1.94. The van der Waals surface area contributed by atoms with Crippen LogP contribution in [0.3, 0.4) is 0 Å². The Kier molecular flexibility index (Phi) is 7.22. The van der Waals surface area contributed by atoms with Crippen LogP contribution in [0.4, 0.5) is 17.7 Å². The maximum Gasteiger partial charge on any atom is 0.270 e. The Balaban J connectivity index is 2.22. The molecular weight excluding hydrogens is 334 g/mol. The quantitative estimate of drug-likeness (QED) is 0.610. The molecule has 0 aliphatic heterocycles. The fraction of sp³-hybridized carbons (Fsp3) is 0.471. The number of hydrogen-bond acceptors (Lipinski definition) is 8. The number of carbonyl (C=O) groups excluding carboxylic acids is 1. The summed E-state index contributed by atoms with van der Waals surface area (Å²) in [5.74, 6) is 1.76. The second-order valence-electron chi connectivity index (χ2n) is 5.66. The van der Waals surface area contributed by atoms with Crippen molar-refractivity contribution in [2.75, 3.05) is 37.0 Å². The van der Waals surface area contributed by atoms with E-state index in [2.05, 4.69) is 37.5 Å². The van der Waals surface area contributed by atoms with Crippen LogP contribution in [0.5, 0.6) is 0 Å². The zero-order valence-electron chi connectivity index (χ0n) is 15.4. The molecule has 0 radical (unpaired) electrons. The van der Waals surface area contributed by atoms with Crippen molar-refractivity contribution in [2.24, 2.45) is 0 Å². The van der Waals surface area contributed by atoms with E-state index < -0.39 is 0 Å². The smallest absolute Gasteiger partial charge is 0.270 e. The first-order valence-corrected chi connectivity index (χ1v) is 8.66. The van der Waals surface area contributed by atoms with Gasteiger partial charge in [-0.25, -0.2) is 4.98 Å². The molecule has 2 aromatic heterocycles. The molecule has 2 heterocycles. The van der Waals surface area contributed by atoms with E-state index in [0.29, 0.717) is 30.0 Å². The van der Waals surface area contributed by atoms with Crippen molar-refractivity contribution in [1.29, 1.82) is 0 Å². The summed E-state index contributed by atoms with van der Waals surface area (Å²) in [6.07, 6.45) is 1.67. The van der Waals surface area contributed by atoms with Gasteiger partial charge in [0, 0.05) is 26.6 Å². The number of rotatable bonds is 9. The molecule has 0 aromatic carbocycles. The zero-order valence-corrected chi connectivity index (χ0v) is 15.4. The van der Waals surface area contributed by atoms with Gasteiger partial charge in [0.05, 0.1) is 6.61 Å². The van der Waals surface area contributed by atoms with Gasteiger partial charge >= 0.3 is 0 Å². The van der Waals surface area contributed by atoms with Crippen molar-refractivity contribution >= 4 is 23.6 Å². The Bertz CT molecular complexity index is 739. The second kappa shape index (κ2) is 9.62. The molecule has 9 nitrogen and oxygen atoms in total. The molecule has 1 amide bonds. The summed E-state index contributed by atoms with van der Waals surface area (Å²) in [5.41, 5.74) is 0.247. The topological polar surface area (TPSA) is 116 Å². The number of hydrogen-bond donors (Lipinski definition) is 3. The molecule has 0 spiro atoms. The van der Waals surface area contributed by atoms with Gasteiger partial charge < -0.3 is 20.6 Å². The van der Waals surface area contributed by atoms with Gasteiger partial charge in [-0.05, 0) is 18.6 Å². The second-order valence-corrected chi connectivity index (χ2v) is 5.66. The van der Waals surface area contributed by atoms with Gasteiger partial charge in [-0.3, -0.25) is 4.79 Å². The Labute approximate surface area is 152 Å². The normalized spacial score (nSPS) is 10.5. The third-order valence-corrected chi connectivity index (χ3v) is 3.51. The molecule has 0 atom stereocenters. The predicted molar refractivity (Wildman–Crippen MR) is 99.7 cm³/mol. The third kappa shape index (κ3) is 5.35. The van der Waals surface area contributed by atoms with E-state index in [0.717, 1.165) is 13.0 Å². The first kappa shape index (κ1) is 19.5. The summed E-state index contributed by atoms with van der Waals surface area (Å²) >= 11 is 0. The summed E-state index contributed by atoms with van der Waals surface area (Å²) < 4.78 is 0. The van der Waals surface area contributed by atoms with E-state index in [1.54, 1.807) is 18.2 Å². The van der Waals surface area contributed by atoms with Crippen LogP contribution in [0.15, 0.2) is 18.2 Å². The first-order valence-electron chi connectivity index (χ1n) is 8.66. The lowest BCUT2D eigenvalue weighted by atomic mass is 10.3. The highest BCUT2D eigenvalue weighted by atomic mass is 16.3. The molecule has 0 saturated carbocycles. The molecule has 0 unspecified atom stereocenters. The van der Waals surface area contributed by atoms with Crippen LogP contribution in [0, 0.1) is 0 Å². The monoisotopic (exact) mass is 359 g/mol. The van der Waals surface area contributed by atoms with Crippen LogP contribution in [-0.2, 0) is 6.42 Å². The average molecular weight is 359 g/mol. The van der Waals surface area contributed by atoms with Crippen LogP contribution in [0.1, 0.15) is 36.6 Å². The van der Waals surface area contributed by atoms with E-state index >= 15 is 0 Å². The number of aliphatic hydroxyl groups is 1. The molecule has 9 heteroatoms. The van der Waals surface area contributed by atoms with Crippen molar-refractivity contribution in [3.63, 3.8) is 0 Å². The van der Waals surface area contributed by atoms with E-state index in [1.165, 1.54) is 0 Å². The molecule has 0 bridgehead atoms. The number of anilines is 3. The number of carbonyl (C=O) groups is 1. The predicted octanol–water partition coefficient (Wildman–Crippen LogP) is 1.14. The largest absolute Gasteiger partial charge is 0.395 e. The highest BCUT2D eigenvalue weighted by Crippen LogP contribution is 2.15. The average Bonchev–Trinajstić information content (AvgIpc) is 2.66. The molecule has 140 valence electrons. The minimum atomic E-state index is -0.351. The van der Waals surface area contributed by atoms with Gasteiger partial charge in [0.15, 0.2) is 0 Å². The third-order valence-electron chi connectivity index (χ3n) is 3.51. The van der Waals surface area contributed by atoms with E-state index in [9.17, 15) is 4.79 Å².